The highest BCUT2D eigenvalue weighted by atomic mass is 16.5. The van der Waals surface area contributed by atoms with E-state index in [4.69, 9.17) is 4.74 Å². The Bertz CT molecular complexity index is 1220. The van der Waals surface area contributed by atoms with Gasteiger partial charge in [-0.3, -0.25) is 19.1 Å². The zero-order valence-corrected chi connectivity index (χ0v) is 15.7. The number of benzene rings is 2. The van der Waals surface area contributed by atoms with Gasteiger partial charge in [0.1, 0.15) is 12.1 Å². The van der Waals surface area contributed by atoms with Crippen molar-refractivity contribution in [1.29, 1.82) is 0 Å². The summed E-state index contributed by atoms with van der Waals surface area (Å²) in [7, 11) is 1.59. The standard InChI is InChI=1S/C22H18N4O3/c1-29-18-5-3-17(4-6-18)26-14-25-20-12-16(2-7-19(20)22(26)28)21(27)24-13-15-8-10-23-11-9-15/h2-12,14H,13H2,1H3,(H,24,27). The zero-order chi connectivity index (χ0) is 20.2. The molecule has 1 amide bonds. The van der Waals surface area contributed by atoms with Gasteiger partial charge in [0.2, 0.25) is 0 Å². The van der Waals surface area contributed by atoms with Crippen LogP contribution in [0.2, 0.25) is 0 Å². The molecule has 2 aromatic heterocycles. The minimum atomic E-state index is -0.232. The van der Waals surface area contributed by atoms with Crippen LogP contribution < -0.4 is 15.6 Å². The summed E-state index contributed by atoms with van der Waals surface area (Å²) in [5, 5.41) is 3.29. The molecule has 0 radical (unpaired) electrons. The van der Waals surface area contributed by atoms with Crippen LogP contribution in [0.1, 0.15) is 15.9 Å². The lowest BCUT2D eigenvalue weighted by Gasteiger charge is -2.09. The maximum atomic E-state index is 12.9. The van der Waals surface area contributed by atoms with Crippen LogP contribution in [0.4, 0.5) is 0 Å². The number of amides is 1. The number of pyridine rings is 1. The molecule has 7 nitrogen and oxygen atoms in total. The third-order valence-corrected chi connectivity index (χ3v) is 4.57. The second kappa shape index (κ2) is 7.93. The van der Waals surface area contributed by atoms with Crippen LogP contribution in [0, 0.1) is 0 Å². The molecular formula is C22H18N4O3. The van der Waals surface area contributed by atoms with E-state index in [1.54, 1.807) is 62.0 Å². The third kappa shape index (κ3) is 3.84. The van der Waals surface area contributed by atoms with Crippen LogP contribution >= 0.6 is 0 Å². The van der Waals surface area contributed by atoms with Crippen LogP contribution in [0.5, 0.6) is 5.75 Å². The normalized spacial score (nSPS) is 10.7. The summed E-state index contributed by atoms with van der Waals surface area (Å²) in [5.41, 5.74) is 2.35. The number of carbonyl (C=O) groups is 1. The summed E-state index contributed by atoms with van der Waals surface area (Å²) in [6.45, 7) is 0.395. The molecule has 144 valence electrons. The Hall–Kier alpha value is -4.00. The number of nitrogens with one attached hydrogen (secondary N) is 1. The van der Waals surface area contributed by atoms with E-state index < -0.39 is 0 Å². The fourth-order valence-corrected chi connectivity index (χ4v) is 2.97. The Balaban J connectivity index is 1.60. The first-order valence-corrected chi connectivity index (χ1v) is 8.98. The van der Waals surface area contributed by atoms with Crippen LogP contribution in [-0.4, -0.2) is 27.6 Å². The Morgan fingerprint density at radius 2 is 1.83 bits per heavy atom. The summed E-state index contributed by atoms with van der Waals surface area (Å²) in [6, 6.07) is 15.7. The largest absolute Gasteiger partial charge is 0.497 e. The fourth-order valence-electron chi connectivity index (χ4n) is 2.97. The van der Waals surface area contributed by atoms with E-state index in [0.717, 1.165) is 5.56 Å². The van der Waals surface area contributed by atoms with Crippen molar-refractivity contribution in [2.24, 2.45) is 0 Å². The number of methoxy groups -OCH3 is 1. The van der Waals surface area contributed by atoms with E-state index in [9.17, 15) is 9.59 Å². The predicted octanol–water partition coefficient (Wildman–Crippen LogP) is 2.72. The Labute approximate surface area is 166 Å². The van der Waals surface area contributed by atoms with Crippen molar-refractivity contribution in [2.75, 3.05) is 7.11 Å². The van der Waals surface area contributed by atoms with Crippen molar-refractivity contribution in [3.63, 3.8) is 0 Å². The molecule has 1 N–H and O–H groups in total. The summed E-state index contributed by atoms with van der Waals surface area (Å²) in [6.07, 6.45) is 4.82. The summed E-state index contributed by atoms with van der Waals surface area (Å²) < 4.78 is 6.61. The SMILES string of the molecule is COc1ccc(-n2cnc3cc(C(=O)NCc4ccncc4)ccc3c2=O)cc1. The lowest BCUT2D eigenvalue weighted by Crippen LogP contribution is -2.23. The molecule has 0 aliphatic heterocycles. The lowest BCUT2D eigenvalue weighted by molar-refractivity contribution is 0.0951. The van der Waals surface area contributed by atoms with Crippen molar-refractivity contribution in [3.05, 3.63) is 94.8 Å². The van der Waals surface area contributed by atoms with Gasteiger partial charge in [-0.1, -0.05) is 0 Å². The van der Waals surface area contributed by atoms with Gasteiger partial charge in [-0.05, 0) is 60.2 Å². The molecule has 0 aliphatic carbocycles. The predicted molar refractivity (Wildman–Crippen MR) is 109 cm³/mol. The fraction of sp³-hybridized carbons (Fsp3) is 0.0909. The number of aromatic nitrogens is 3. The Morgan fingerprint density at radius 1 is 1.07 bits per heavy atom. The van der Waals surface area contributed by atoms with Crippen molar-refractivity contribution in [1.82, 2.24) is 19.9 Å². The summed E-state index contributed by atoms with van der Waals surface area (Å²) >= 11 is 0. The summed E-state index contributed by atoms with van der Waals surface area (Å²) in [4.78, 5) is 33.6. The van der Waals surface area contributed by atoms with Gasteiger partial charge >= 0.3 is 0 Å². The first kappa shape index (κ1) is 18.4. The number of carbonyl (C=O) groups excluding carboxylic acids is 1. The van der Waals surface area contributed by atoms with Gasteiger partial charge in [-0.25, -0.2) is 4.98 Å². The van der Waals surface area contributed by atoms with E-state index in [-0.39, 0.29) is 11.5 Å². The molecule has 4 aromatic rings. The van der Waals surface area contributed by atoms with Gasteiger partial charge in [-0.2, -0.15) is 0 Å². The first-order valence-electron chi connectivity index (χ1n) is 8.98. The number of hydrogen-bond donors (Lipinski definition) is 1. The average molecular weight is 386 g/mol. The van der Waals surface area contributed by atoms with E-state index >= 15 is 0 Å². The molecule has 29 heavy (non-hydrogen) atoms. The van der Waals surface area contributed by atoms with E-state index in [0.29, 0.717) is 34.4 Å². The molecule has 4 rings (SSSR count). The smallest absolute Gasteiger partial charge is 0.265 e. The van der Waals surface area contributed by atoms with Gasteiger partial charge in [0.25, 0.3) is 11.5 Å². The van der Waals surface area contributed by atoms with Gasteiger partial charge in [0, 0.05) is 24.5 Å². The molecule has 0 unspecified atom stereocenters. The second-order valence-electron chi connectivity index (χ2n) is 6.39. The molecule has 0 spiro atoms. The van der Waals surface area contributed by atoms with Gasteiger partial charge in [0.15, 0.2) is 0 Å². The maximum absolute atomic E-state index is 12.9. The summed E-state index contributed by atoms with van der Waals surface area (Å²) in [5.74, 6) is 0.475. The van der Waals surface area contributed by atoms with Crippen molar-refractivity contribution in [3.8, 4) is 11.4 Å². The molecule has 2 heterocycles. The second-order valence-corrected chi connectivity index (χ2v) is 6.39. The van der Waals surface area contributed by atoms with Crippen molar-refractivity contribution >= 4 is 16.8 Å². The third-order valence-electron chi connectivity index (χ3n) is 4.57. The molecule has 0 saturated heterocycles. The quantitative estimate of drug-likeness (QED) is 0.570. The van der Waals surface area contributed by atoms with Crippen molar-refractivity contribution in [2.45, 2.75) is 6.54 Å². The minimum absolute atomic E-state index is 0.205. The zero-order valence-electron chi connectivity index (χ0n) is 15.7. The maximum Gasteiger partial charge on any atom is 0.265 e. The highest BCUT2D eigenvalue weighted by Gasteiger charge is 2.11. The number of fused-ring (bicyclic) bond motifs is 1. The minimum Gasteiger partial charge on any atom is -0.497 e. The van der Waals surface area contributed by atoms with Crippen molar-refractivity contribution < 1.29 is 9.53 Å². The molecule has 7 heteroatoms. The average Bonchev–Trinajstić information content (AvgIpc) is 2.78. The molecule has 2 aromatic carbocycles. The van der Waals surface area contributed by atoms with Gasteiger partial charge < -0.3 is 10.1 Å². The van der Waals surface area contributed by atoms with Crippen LogP contribution in [0.25, 0.3) is 16.6 Å². The Kier molecular flexibility index (Phi) is 5.03. The topological polar surface area (TPSA) is 86.1 Å². The number of nitrogens with zero attached hydrogens (tertiary/aromatic N) is 3. The molecular weight excluding hydrogens is 368 g/mol. The molecule has 0 fully saturated rings. The monoisotopic (exact) mass is 386 g/mol. The highest BCUT2D eigenvalue weighted by molar-refractivity contribution is 5.97. The van der Waals surface area contributed by atoms with E-state index in [2.05, 4.69) is 15.3 Å². The molecule has 0 atom stereocenters. The van der Waals surface area contributed by atoms with E-state index in [1.165, 1.54) is 10.9 Å². The Morgan fingerprint density at radius 3 is 2.55 bits per heavy atom. The first-order chi connectivity index (χ1) is 14.2. The highest BCUT2D eigenvalue weighted by Crippen LogP contribution is 2.15. The number of ether oxygens (including phenoxy) is 1. The van der Waals surface area contributed by atoms with Gasteiger partial charge in [-0.15, -0.1) is 0 Å². The molecule has 0 saturated carbocycles. The molecule has 0 aliphatic rings. The molecule has 0 bridgehead atoms. The van der Waals surface area contributed by atoms with Gasteiger partial charge in [0.05, 0.1) is 23.7 Å². The number of hydrogen-bond acceptors (Lipinski definition) is 5. The number of rotatable bonds is 5. The van der Waals surface area contributed by atoms with Crippen LogP contribution in [0.3, 0.4) is 0 Å². The van der Waals surface area contributed by atoms with Crippen LogP contribution in [-0.2, 0) is 6.54 Å². The lowest BCUT2D eigenvalue weighted by atomic mass is 10.1. The van der Waals surface area contributed by atoms with E-state index in [1.807, 2.05) is 12.1 Å². The van der Waals surface area contributed by atoms with Crippen LogP contribution in [0.15, 0.2) is 78.1 Å².